The van der Waals surface area contributed by atoms with Crippen molar-refractivity contribution >= 4 is 11.9 Å². The molecule has 0 spiro atoms. The average Bonchev–Trinajstić information content (AvgIpc) is 2.53. The predicted molar refractivity (Wildman–Crippen MR) is 85.9 cm³/mol. The molecular weight excluding hydrogens is 280 g/mol. The van der Waals surface area contributed by atoms with Crippen LogP contribution in [0, 0.1) is 0 Å². The first kappa shape index (κ1) is 16.7. The summed E-state index contributed by atoms with van der Waals surface area (Å²) in [7, 11) is 1.68. The Morgan fingerprint density at radius 2 is 1.91 bits per heavy atom. The summed E-state index contributed by atoms with van der Waals surface area (Å²) < 4.78 is 0. The van der Waals surface area contributed by atoms with Crippen molar-refractivity contribution in [3.8, 4) is 0 Å². The molecule has 6 heteroatoms. The number of nitrogens with zero attached hydrogens (tertiary/aromatic N) is 4. The fraction of sp³-hybridized carbons (Fsp3) is 0.688. The van der Waals surface area contributed by atoms with Gasteiger partial charge in [0.15, 0.2) is 0 Å². The van der Waals surface area contributed by atoms with Gasteiger partial charge in [0.25, 0.3) is 0 Å². The van der Waals surface area contributed by atoms with E-state index in [0.29, 0.717) is 12.0 Å². The van der Waals surface area contributed by atoms with E-state index in [9.17, 15) is 4.79 Å². The molecule has 6 nitrogen and oxygen atoms in total. The first-order valence-corrected chi connectivity index (χ1v) is 8.08. The summed E-state index contributed by atoms with van der Waals surface area (Å²) in [6, 6.07) is 0.674. The second-order valence-corrected chi connectivity index (χ2v) is 6.00. The van der Waals surface area contributed by atoms with Crippen molar-refractivity contribution in [2.75, 3.05) is 25.0 Å². The van der Waals surface area contributed by atoms with Gasteiger partial charge >= 0.3 is 5.97 Å². The number of carboxylic acid groups (broad SMARTS) is 1. The second kappa shape index (κ2) is 8.08. The summed E-state index contributed by atoms with van der Waals surface area (Å²) in [5, 5.41) is 8.79. The fourth-order valence-electron chi connectivity index (χ4n) is 3.08. The Balaban J connectivity index is 1.95. The normalized spacial score (nSPS) is 16.0. The molecule has 1 aliphatic rings. The van der Waals surface area contributed by atoms with Crippen LogP contribution in [-0.2, 0) is 11.3 Å². The fourth-order valence-corrected chi connectivity index (χ4v) is 3.08. The van der Waals surface area contributed by atoms with Crippen LogP contribution in [0.3, 0.4) is 0 Å². The van der Waals surface area contributed by atoms with E-state index in [1.807, 2.05) is 12.4 Å². The zero-order valence-corrected chi connectivity index (χ0v) is 13.5. The third-order valence-electron chi connectivity index (χ3n) is 4.29. The molecule has 0 aromatic carbocycles. The minimum Gasteiger partial charge on any atom is -0.480 e. The molecule has 1 fully saturated rings. The van der Waals surface area contributed by atoms with E-state index in [0.717, 1.165) is 18.7 Å². The average molecular weight is 306 g/mol. The van der Waals surface area contributed by atoms with E-state index in [4.69, 9.17) is 5.11 Å². The molecule has 1 aromatic heterocycles. The van der Waals surface area contributed by atoms with Gasteiger partial charge in [-0.25, -0.2) is 9.97 Å². The van der Waals surface area contributed by atoms with Crippen molar-refractivity contribution in [1.82, 2.24) is 14.9 Å². The summed E-state index contributed by atoms with van der Waals surface area (Å²) in [6.45, 7) is 4.00. The molecule has 1 aromatic rings. The molecular formula is C16H26N4O2. The van der Waals surface area contributed by atoms with Crippen LogP contribution in [0.15, 0.2) is 12.4 Å². The number of rotatable bonds is 7. The van der Waals surface area contributed by atoms with Gasteiger partial charge in [0.05, 0.1) is 0 Å². The van der Waals surface area contributed by atoms with Crippen molar-refractivity contribution in [2.45, 2.75) is 51.6 Å². The lowest BCUT2D eigenvalue weighted by Gasteiger charge is -2.33. The van der Waals surface area contributed by atoms with Gasteiger partial charge < -0.3 is 10.0 Å². The number of aliphatic carboxylic acids is 1. The minimum atomic E-state index is -0.885. The Kier molecular flexibility index (Phi) is 6.12. The van der Waals surface area contributed by atoms with Gasteiger partial charge in [-0.1, -0.05) is 26.2 Å². The third kappa shape index (κ3) is 4.66. The zero-order valence-electron chi connectivity index (χ0n) is 13.5. The van der Waals surface area contributed by atoms with Gasteiger partial charge in [0, 0.05) is 37.6 Å². The van der Waals surface area contributed by atoms with Crippen molar-refractivity contribution in [1.29, 1.82) is 0 Å². The van der Waals surface area contributed by atoms with Crippen molar-refractivity contribution in [3.63, 3.8) is 0 Å². The minimum absolute atomic E-state index is 0.0947. The molecule has 1 saturated carbocycles. The first-order chi connectivity index (χ1) is 10.6. The molecule has 1 aliphatic carbocycles. The first-order valence-electron chi connectivity index (χ1n) is 8.08. The van der Waals surface area contributed by atoms with Crippen LogP contribution in [0.5, 0.6) is 0 Å². The van der Waals surface area contributed by atoms with E-state index < -0.39 is 5.97 Å². The molecule has 22 heavy (non-hydrogen) atoms. The van der Waals surface area contributed by atoms with Gasteiger partial charge in [-0.05, 0) is 19.4 Å². The molecule has 0 unspecified atom stereocenters. The van der Waals surface area contributed by atoms with Crippen LogP contribution in [0.4, 0.5) is 5.95 Å². The number of likely N-dealkylation sites (N-methyl/N-ethyl adjacent to an activating group) is 1. The zero-order chi connectivity index (χ0) is 15.9. The predicted octanol–water partition coefficient (Wildman–Crippen LogP) is 2.15. The van der Waals surface area contributed by atoms with Crippen LogP contribution in [0.2, 0.25) is 0 Å². The Bertz CT molecular complexity index is 472. The Hall–Kier alpha value is -1.69. The highest BCUT2D eigenvalue weighted by molar-refractivity contribution is 5.72. The Morgan fingerprint density at radius 1 is 1.27 bits per heavy atom. The number of hydrogen-bond acceptors (Lipinski definition) is 5. The second-order valence-electron chi connectivity index (χ2n) is 6.00. The maximum atomic E-state index is 10.7. The summed E-state index contributed by atoms with van der Waals surface area (Å²) in [5.41, 5.74) is 1.08. The molecule has 1 heterocycles. The Labute approximate surface area is 132 Å². The molecule has 0 bridgehead atoms. The molecule has 0 atom stereocenters. The van der Waals surface area contributed by atoms with E-state index in [-0.39, 0.29) is 6.54 Å². The van der Waals surface area contributed by atoms with Crippen LogP contribution >= 0.6 is 0 Å². The van der Waals surface area contributed by atoms with Crippen molar-refractivity contribution in [3.05, 3.63) is 18.0 Å². The van der Waals surface area contributed by atoms with Crippen LogP contribution < -0.4 is 4.90 Å². The lowest BCUT2D eigenvalue weighted by Crippen LogP contribution is -2.36. The number of carbonyl (C=O) groups is 1. The summed E-state index contributed by atoms with van der Waals surface area (Å²) in [6.07, 6.45) is 10.2. The van der Waals surface area contributed by atoms with Crippen LogP contribution in [0.1, 0.15) is 44.6 Å². The maximum Gasteiger partial charge on any atom is 0.323 e. The summed E-state index contributed by atoms with van der Waals surface area (Å²) in [4.78, 5) is 23.3. The van der Waals surface area contributed by atoms with Crippen LogP contribution in [0.25, 0.3) is 0 Å². The maximum absolute atomic E-state index is 10.7. The van der Waals surface area contributed by atoms with Gasteiger partial charge in [-0.15, -0.1) is 0 Å². The van der Waals surface area contributed by atoms with Crippen molar-refractivity contribution < 1.29 is 9.90 Å². The number of anilines is 1. The summed E-state index contributed by atoms with van der Waals surface area (Å²) in [5.74, 6) is -0.434. The highest BCUT2D eigenvalue weighted by atomic mass is 16.4. The molecule has 2 rings (SSSR count). The largest absolute Gasteiger partial charge is 0.480 e. The standard InChI is InChI=1S/C16H26N4O2/c1-3-20(14-7-5-4-6-8-14)11-13-9-17-16(18-10-13)19(2)12-15(21)22/h9-10,14H,3-8,11-12H2,1-2H3,(H,21,22). The third-order valence-corrected chi connectivity index (χ3v) is 4.29. The van der Waals surface area contributed by atoms with E-state index in [2.05, 4.69) is 21.8 Å². The highest BCUT2D eigenvalue weighted by Gasteiger charge is 2.20. The monoisotopic (exact) mass is 306 g/mol. The highest BCUT2D eigenvalue weighted by Crippen LogP contribution is 2.23. The smallest absolute Gasteiger partial charge is 0.323 e. The Morgan fingerprint density at radius 3 is 2.45 bits per heavy atom. The lowest BCUT2D eigenvalue weighted by atomic mass is 9.94. The molecule has 0 radical (unpaired) electrons. The van der Waals surface area contributed by atoms with Crippen LogP contribution in [-0.4, -0.2) is 52.1 Å². The van der Waals surface area contributed by atoms with Gasteiger partial charge in [-0.2, -0.15) is 0 Å². The van der Waals surface area contributed by atoms with Gasteiger partial charge in [-0.3, -0.25) is 9.69 Å². The topological polar surface area (TPSA) is 69.6 Å². The van der Waals surface area contributed by atoms with Gasteiger partial charge in [0.1, 0.15) is 6.54 Å². The van der Waals surface area contributed by atoms with E-state index >= 15 is 0 Å². The number of carboxylic acids is 1. The van der Waals surface area contributed by atoms with E-state index in [1.165, 1.54) is 37.0 Å². The van der Waals surface area contributed by atoms with Gasteiger partial charge in [0.2, 0.25) is 5.95 Å². The van der Waals surface area contributed by atoms with Crippen molar-refractivity contribution in [2.24, 2.45) is 0 Å². The molecule has 0 amide bonds. The SMILES string of the molecule is CCN(Cc1cnc(N(C)CC(=O)O)nc1)C1CCCCC1. The molecule has 1 N–H and O–H groups in total. The number of aromatic nitrogens is 2. The quantitative estimate of drug-likeness (QED) is 0.832. The molecule has 0 aliphatic heterocycles. The molecule has 0 saturated heterocycles. The number of hydrogen-bond donors (Lipinski definition) is 1. The molecule has 122 valence electrons. The van der Waals surface area contributed by atoms with E-state index in [1.54, 1.807) is 7.05 Å². The summed E-state index contributed by atoms with van der Waals surface area (Å²) >= 11 is 0. The lowest BCUT2D eigenvalue weighted by molar-refractivity contribution is -0.135.